The Morgan fingerprint density at radius 2 is 1.57 bits per heavy atom. The zero-order valence-corrected chi connectivity index (χ0v) is 17.0. The number of para-hydroxylation sites is 1. The molecule has 0 bridgehead atoms. The maximum Gasteiger partial charge on any atom is 0.259 e. The summed E-state index contributed by atoms with van der Waals surface area (Å²) in [7, 11) is 2.05. The Kier molecular flexibility index (Phi) is 5.90. The molecule has 1 fully saturated rings. The molecule has 30 heavy (non-hydrogen) atoms. The van der Waals surface area contributed by atoms with Crippen LogP contribution in [0.3, 0.4) is 0 Å². The molecule has 1 aromatic heterocycles. The Balaban J connectivity index is 1.62. The number of nitrogens with one attached hydrogen (secondary N) is 1. The second kappa shape index (κ2) is 8.92. The van der Waals surface area contributed by atoms with Crippen molar-refractivity contribution in [2.75, 3.05) is 38.5 Å². The van der Waals surface area contributed by atoms with Crippen LogP contribution in [-0.2, 0) is 11.2 Å². The second-order valence-corrected chi connectivity index (χ2v) is 7.46. The van der Waals surface area contributed by atoms with Gasteiger partial charge < -0.3 is 15.1 Å². The topological polar surface area (TPSA) is 70.5 Å². The van der Waals surface area contributed by atoms with Crippen molar-refractivity contribution >= 4 is 17.6 Å². The van der Waals surface area contributed by atoms with Crippen LogP contribution < -0.4 is 5.32 Å². The molecule has 1 saturated heterocycles. The van der Waals surface area contributed by atoms with Crippen molar-refractivity contribution in [3.05, 3.63) is 78.0 Å². The van der Waals surface area contributed by atoms with Crippen LogP contribution in [0, 0.1) is 0 Å². The SMILES string of the molecule is CN1CCN(C(=O)c2cnn(-c3ccccc3)c2NC(=O)Cc2ccccc2)CC1. The number of carbonyl (C=O) groups is 2. The van der Waals surface area contributed by atoms with Crippen LogP contribution in [0.25, 0.3) is 5.69 Å². The highest BCUT2D eigenvalue weighted by Crippen LogP contribution is 2.23. The molecular formula is C23H25N5O2. The van der Waals surface area contributed by atoms with Crippen molar-refractivity contribution in [1.82, 2.24) is 19.6 Å². The third-order valence-corrected chi connectivity index (χ3v) is 5.26. The monoisotopic (exact) mass is 403 g/mol. The van der Waals surface area contributed by atoms with Gasteiger partial charge >= 0.3 is 0 Å². The third kappa shape index (κ3) is 4.41. The van der Waals surface area contributed by atoms with E-state index in [1.807, 2.05) is 72.6 Å². The molecule has 0 radical (unpaired) electrons. The molecule has 3 aromatic rings. The Bertz CT molecular complexity index is 1010. The maximum absolute atomic E-state index is 13.2. The van der Waals surface area contributed by atoms with E-state index < -0.39 is 0 Å². The van der Waals surface area contributed by atoms with Gasteiger partial charge in [0.1, 0.15) is 11.4 Å². The standard InChI is InChI=1S/C23H25N5O2/c1-26-12-14-27(15-13-26)23(30)20-17-24-28(19-10-6-3-7-11-19)22(20)25-21(29)16-18-8-4-2-5-9-18/h2-11,17H,12-16H2,1H3,(H,25,29). The minimum Gasteiger partial charge on any atom is -0.336 e. The largest absolute Gasteiger partial charge is 0.336 e. The summed E-state index contributed by atoms with van der Waals surface area (Å²) in [6.07, 6.45) is 1.77. The van der Waals surface area contributed by atoms with Gasteiger partial charge in [-0.2, -0.15) is 5.10 Å². The smallest absolute Gasteiger partial charge is 0.259 e. The van der Waals surface area contributed by atoms with E-state index in [9.17, 15) is 9.59 Å². The predicted octanol–water partition coefficient (Wildman–Crippen LogP) is 2.44. The molecule has 1 N–H and O–H groups in total. The average molecular weight is 403 g/mol. The summed E-state index contributed by atoms with van der Waals surface area (Å²) >= 11 is 0. The fourth-order valence-electron chi connectivity index (χ4n) is 3.53. The van der Waals surface area contributed by atoms with Crippen LogP contribution in [0.15, 0.2) is 66.9 Å². The third-order valence-electron chi connectivity index (χ3n) is 5.26. The Morgan fingerprint density at radius 1 is 0.933 bits per heavy atom. The van der Waals surface area contributed by atoms with Gasteiger partial charge in [0.2, 0.25) is 5.91 Å². The summed E-state index contributed by atoms with van der Waals surface area (Å²) < 4.78 is 1.62. The lowest BCUT2D eigenvalue weighted by Crippen LogP contribution is -2.47. The summed E-state index contributed by atoms with van der Waals surface area (Å²) in [4.78, 5) is 30.0. The zero-order valence-electron chi connectivity index (χ0n) is 17.0. The number of hydrogen-bond donors (Lipinski definition) is 1. The van der Waals surface area contributed by atoms with Gasteiger partial charge in [0.25, 0.3) is 5.91 Å². The Morgan fingerprint density at radius 3 is 2.23 bits per heavy atom. The number of carbonyl (C=O) groups excluding carboxylic acids is 2. The summed E-state index contributed by atoms with van der Waals surface area (Å²) in [5.74, 6) is 0.109. The number of anilines is 1. The molecule has 154 valence electrons. The van der Waals surface area contributed by atoms with Crippen molar-refractivity contribution in [2.45, 2.75) is 6.42 Å². The van der Waals surface area contributed by atoms with E-state index in [0.29, 0.717) is 24.5 Å². The molecule has 0 unspecified atom stereocenters. The van der Waals surface area contributed by atoms with E-state index in [1.54, 1.807) is 10.9 Å². The molecule has 0 aliphatic carbocycles. The molecule has 2 heterocycles. The van der Waals surface area contributed by atoms with Crippen LogP contribution in [0.2, 0.25) is 0 Å². The number of piperazine rings is 1. The van der Waals surface area contributed by atoms with E-state index >= 15 is 0 Å². The van der Waals surface area contributed by atoms with Crippen LogP contribution in [0.5, 0.6) is 0 Å². The molecule has 7 nitrogen and oxygen atoms in total. The van der Waals surface area contributed by atoms with E-state index in [2.05, 4.69) is 15.3 Å². The number of likely N-dealkylation sites (N-methyl/N-ethyl adjacent to an activating group) is 1. The predicted molar refractivity (Wildman–Crippen MR) is 116 cm³/mol. The first-order valence-electron chi connectivity index (χ1n) is 10.1. The molecule has 0 saturated carbocycles. The van der Waals surface area contributed by atoms with Crippen molar-refractivity contribution < 1.29 is 9.59 Å². The van der Waals surface area contributed by atoms with Gasteiger partial charge in [0.15, 0.2) is 0 Å². The molecule has 2 aromatic carbocycles. The molecule has 0 spiro atoms. The second-order valence-electron chi connectivity index (χ2n) is 7.46. The molecule has 4 rings (SSSR count). The minimum atomic E-state index is -0.189. The fraction of sp³-hybridized carbons (Fsp3) is 0.261. The minimum absolute atomic E-state index is 0.111. The van der Waals surface area contributed by atoms with Gasteiger partial charge in [-0.05, 0) is 24.7 Å². The summed E-state index contributed by atoms with van der Waals surface area (Å²) in [6, 6.07) is 19.0. The quantitative estimate of drug-likeness (QED) is 0.710. The van der Waals surface area contributed by atoms with E-state index in [0.717, 1.165) is 24.3 Å². The first-order valence-corrected chi connectivity index (χ1v) is 10.1. The maximum atomic E-state index is 13.2. The number of nitrogens with zero attached hydrogens (tertiary/aromatic N) is 4. The lowest BCUT2D eigenvalue weighted by molar-refractivity contribution is -0.115. The first-order chi connectivity index (χ1) is 14.6. The van der Waals surface area contributed by atoms with Gasteiger partial charge in [0, 0.05) is 26.2 Å². The van der Waals surface area contributed by atoms with Gasteiger partial charge in [-0.25, -0.2) is 4.68 Å². The lowest BCUT2D eigenvalue weighted by Gasteiger charge is -2.32. The van der Waals surface area contributed by atoms with E-state index in [-0.39, 0.29) is 18.2 Å². The number of rotatable bonds is 5. The first kappa shape index (κ1) is 19.8. The average Bonchev–Trinajstić information content (AvgIpc) is 3.18. The van der Waals surface area contributed by atoms with Crippen molar-refractivity contribution in [3.8, 4) is 5.69 Å². The summed E-state index contributed by atoms with van der Waals surface area (Å²) in [6.45, 7) is 2.97. The van der Waals surface area contributed by atoms with Gasteiger partial charge in [-0.15, -0.1) is 0 Å². The van der Waals surface area contributed by atoms with Crippen molar-refractivity contribution in [3.63, 3.8) is 0 Å². The van der Waals surface area contributed by atoms with Crippen LogP contribution in [0.1, 0.15) is 15.9 Å². The van der Waals surface area contributed by atoms with Crippen molar-refractivity contribution in [1.29, 1.82) is 0 Å². The van der Waals surface area contributed by atoms with Crippen LogP contribution in [-0.4, -0.2) is 64.6 Å². The molecule has 0 atom stereocenters. The van der Waals surface area contributed by atoms with Crippen LogP contribution >= 0.6 is 0 Å². The van der Waals surface area contributed by atoms with Gasteiger partial charge in [-0.3, -0.25) is 9.59 Å². The van der Waals surface area contributed by atoms with Crippen molar-refractivity contribution in [2.24, 2.45) is 0 Å². The molecule has 7 heteroatoms. The van der Waals surface area contributed by atoms with Crippen LogP contribution in [0.4, 0.5) is 5.82 Å². The Labute approximate surface area is 175 Å². The number of benzene rings is 2. The number of aromatic nitrogens is 2. The Hall–Kier alpha value is -3.45. The molecule has 1 aliphatic heterocycles. The fourth-order valence-corrected chi connectivity index (χ4v) is 3.53. The lowest BCUT2D eigenvalue weighted by atomic mass is 10.1. The summed E-state index contributed by atoms with van der Waals surface area (Å²) in [5.41, 5.74) is 2.10. The highest BCUT2D eigenvalue weighted by molar-refractivity contribution is 6.03. The number of amides is 2. The van der Waals surface area contributed by atoms with E-state index in [1.165, 1.54) is 0 Å². The zero-order chi connectivity index (χ0) is 20.9. The summed E-state index contributed by atoms with van der Waals surface area (Å²) in [5, 5.41) is 7.36. The molecule has 2 amide bonds. The number of hydrogen-bond acceptors (Lipinski definition) is 4. The van der Waals surface area contributed by atoms with Gasteiger partial charge in [0.05, 0.1) is 18.3 Å². The van der Waals surface area contributed by atoms with E-state index in [4.69, 9.17) is 0 Å². The van der Waals surface area contributed by atoms with Gasteiger partial charge in [-0.1, -0.05) is 48.5 Å². The molecule has 1 aliphatic rings. The highest BCUT2D eigenvalue weighted by atomic mass is 16.2. The molecular weight excluding hydrogens is 378 g/mol. The highest BCUT2D eigenvalue weighted by Gasteiger charge is 2.26. The normalized spacial score (nSPS) is 14.5.